The molecule has 10 heteroatoms. The van der Waals surface area contributed by atoms with Gasteiger partial charge in [0.15, 0.2) is 5.13 Å². The van der Waals surface area contributed by atoms with Crippen LogP contribution in [0.1, 0.15) is 69.1 Å². The quantitative estimate of drug-likeness (QED) is 0.342. The van der Waals surface area contributed by atoms with Gasteiger partial charge in [0, 0.05) is 24.3 Å². The number of thiazole rings is 1. The average Bonchev–Trinajstić information content (AvgIpc) is 3.21. The summed E-state index contributed by atoms with van der Waals surface area (Å²) in [6, 6.07) is 9.87. The zero-order valence-electron chi connectivity index (χ0n) is 22.1. The first-order valence-corrected chi connectivity index (χ1v) is 14.5. The summed E-state index contributed by atoms with van der Waals surface area (Å²) in [5.41, 5.74) is 4.63. The number of carbonyl (C=O) groups excluding carboxylic acids is 2. The molecule has 0 bridgehead atoms. The van der Waals surface area contributed by atoms with E-state index in [1.54, 1.807) is 6.92 Å². The maximum absolute atomic E-state index is 13.0. The van der Waals surface area contributed by atoms with Gasteiger partial charge in [-0.2, -0.15) is 4.31 Å². The molecule has 3 aromatic rings. The van der Waals surface area contributed by atoms with Crippen LogP contribution in [-0.4, -0.2) is 42.6 Å². The normalized spacial score (nSPS) is 11.5. The van der Waals surface area contributed by atoms with Gasteiger partial charge in [-0.1, -0.05) is 42.9 Å². The summed E-state index contributed by atoms with van der Waals surface area (Å²) in [5.74, 6) is -0.724. The highest BCUT2D eigenvalue weighted by atomic mass is 32.2. The van der Waals surface area contributed by atoms with Crippen molar-refractivity contribution >= 4 is 44.0 Å². The van der Waals surface area contributed by atoms with E-state index >= 15 is 0 Å². The fourth-order valence-corrected chi connectivity index (χ4v) is 6.64. The molecule has 1 heterocycles. The second-order valence-corrected chi connectivity index (χ2v) is 12.0. The molecule has 0 saturated heterocycles. The van der Waals surface area contributed by atoms with Crippen molar-refractivity contribution < 1.29 is 18.0 Å². The maximum Gasteiger partial charge on any atom is 0.267 e. The first-order valence-electron chi connectivity index (χ1n) is 12.3. The van der Waals surface area contributed by atoms with Crippen LogP contribution < -0.4 is 10.6 Å². The van der Waals surface area contributed by atoms with Gasteiger partial charge in [0.05, 0.1) is 10.6 Å². The predicted octanol–water partition coefficient (Wildman–Crippen LogP) is 5.69. The summed E-state index contributed by atoms with van der Waals surface area (Å²) in [5, 5.41) is 5.98. The van der Waals surface area contributed by atoms with Crippen molar-refractivity contribution in [2.24, 2.45) is 0 Å². The van der Waals surface area contributed by atoms with E-state index < -0.39 is 15.9 Å². The maximum atomic E-state index is 13.0. The summed E-state index contributed by atoms with van der Waals surface area (Å²) in [4.78, 5) is 30.7. The van der Waals surface area contributed by atoms with Crippen molar-refractivity contribution in [2.75, 3.05) is 23.7 Å². The van der Waals surface area contributed by atoms with E-state index in [1.165, 1.54) is 28.6 Å². The Kier molecular flexibility index (Phi) is 9.22. The summed E-state index contributed by atoms with van der Waals surface area (Å²) < 4.78 is 27.4. The van der Waals surface area contributed by atoms with Crippen molar-refractivity contribution in [3.05, 3.63) is 69.2 Å². The molecule has 198 valence electrons. The Bertz CT molecular complexity index is 1370. The Hall–Kier alpha value is -3.08. The van der Waals surface area contributed by atoms with Crippen molar-refractivity contribution in [2.45, 2.75) is 59.3 Å². The lowest BCUT2D eigenvalue weighted by Crippen LogP contribution is -2.32. The molecule has 2 N–H and O–H groups in total. The lowest BCUT2D eigenvalue weighted by atomic mass is 10.1. The molecule has 0 spiro atoms. The fraction of sp³-hybridized carbons (Fsp3) is 0.370. The third-order valence-electron chi connectivity index (χ3n) is 5.84. The SMILES string of the molecule is CCCN(CCC)S(=O)(=O)c1ccc(C(=O)Nc2nc(C)c(C(=O)Nc3c(C)cc(C)cc3C)s2)cc1. The van der Waals surface area contributed by atoms with Crippen molar-refractivity contribution in [3.8, 4) is 0 Å². The summed E-state index contributed by atoms with van der Waals surface area (Å²) in [6.07, 6.45) is 1.44. The Morgan fingerprint density at radius 2 is 1.46 bits per heavy atom. The largest absolute Gasteiger partial charge is 0.321 e. The highest BCUT2D eigenvalue weighted by molar-refractivity contribution is 7.89. The van der Waals surface area contributed by atoms with Gasteiger partial charge in [-0.3, -0.25) is 14.9 Å². The minimum Gasteiger partial charge on any atom is -0.321 e. The van der Waals surface area contributed by atoms with E-state index in [2.05, 4.69) is 15.6 Å². The Morgan fingerprint density at radius 3 is 2.00 bits per heavy atom. The highest BCUT2D eigenvalue weighted by Gasteiger charge is 2.24. The first-order chi connectivity index (χ1) is 17.5. The average molecular weight is 543 g/mol. The van der Waals surface area contributed by atoms with Crippen LogP contribution >= 0.6 is 11.3 Å². The Morgan fingerprint density at radius 1 is 0.892 bits per heavy atom. The van der Waals surface area contributed by atoms with Gasteiger partial charge in [-0.15, -0.1) is 0 Å². The second kappa shape index (κ2) is 12.0. The number of nitrogens with one attached hydrogen (secondary N) is 2. The van der Waals surface area contributed by atoms with E-state index in [4.69, 9.17) is 0 Å². The molecule has 0 aliphatic rings. The lowest BCUT2D eigenvalue weighted by Gasteiger charge is -2.21. The van der Waals surface area contributed by atoms with Crippen LogP contribution in [0.15, 0.2) is 41.3 Å². The number of rotatable bonds is 10. The number of aryl methyl sites for hydroxylation is 4. The molecule has 0 fully saturated rings. The number of carbonyl (C=O) groups is 2. The van der Waals surface area contributed by atoms with Crippen LogP contribution in [0.5, 0.6) is 0 Å². The van der Waals surface area contributed by atoms with Crippen LogP contribution in [0.25, 0.3) is 0 Å². The molecular weight excluding hydrogens is 508 g/mol. The molecule has 0 aliphatic heterocycles. The van der Waals surface area contributed by atoms with E-state index in [-0.39, 0.29) is 10.8 Å². The summed E-state index contributed by atoms with van der Waals surface area (Å²) in [6.45, 7) is 12.4. The van der Waals surface area contributed by atoms with Crippen molar-refractivity contribution in [1.82, 2.24) is 9.29 Å². The first kappa shape index (κ1) is 28.5. The number of amides is 2. The van der Waals surface area contributed by atoms with E-state index in [0.717, 1.165) is 46.6 Å². The molecular formula is C27H34N4O4S2. The second-order valence-electron chi connectivity index (χ2n) is 9.04. The molecule has 2 amide bonds. The van der Waals surface area contributed by atoms with Crippen molar-refractivity contribution in [1.29, 1.82) is 0 Å². The van der Waals surface area contributed by atoms with Gasteiger partial charge < -0.3 is 5.32 Å². The third-order valence-corrected chi connectivity index (χ3v) is 8.82. The molecule has 0 radical (unpaired) electrons. The lowest BCUT2D eigenvalue weighted by molar-refractivity contribution is 0.102. The monoisotopic (exact) mass is 542 g/mol. The van der Waals surface area contributed by atoms with Crippen LogP contribution in [0.4, 0.5) is 10.8 Å². The Balaban J connectivity index is 1.73. The van der Waals surface area contributed by atoms with E-state index in [0.29, 0.717) is 34.4 Å². The van der Waals surface area contributed by atoms with Gasteiger partial charge in [0.2, 0.25) is 10.0 Å². The molecule has 0 saturated carbocycles. The number of nitrogens with zero attached hydrogens (tertiary/aromatic N) is 2. The smallest absolute Gasteiger partial charge is 0.267 e. The molecule has 0 aliphatic carbocycles. The predicted molar refractivity (Wildman–Crippen MR) is 149 cm³/mol. The Labute approximate surface area is 223 Å². The van der Waals surface area contributed by atoms with Crippen LogP contribution in [0, 0.1) is 27.7 Å². The van der Waals surface area contributed by atoms with Crippen LogP contribution in [0.3, 0.4) is 0 Å². The molecule has 1 aromatic heterocycles. The van der Waals surface area contributed by atoms with Gasteiger partial charge in [-0.25, -0.2) is 13.4 Å². The van der Waals surface area contributed by atoms with Crippen LogP contribution in [-0.2, 0) is 10.0 Å². The summed E-state index contributed by atoms with van der Waals surface area (Å²) in [7, 11) is -3.63. The zero-order valence-corrected chi connectivity index (χ0v) is 23.8. The molecule has 8 nitrogen and oxygen atoms in total. The topological polar surface area (TPSA) is 108 Å². The summed E-state index contributed by atoms with van der Waals surface area (Å²) >= 11 is 1.09. The molecule has 0 unspecified atom stereocenters. The molecule has 0 atom stereocenters. The number of aromatic nitrogens is 1. The van der Waals surface area contributed by atoms with Gasteiger partial charge in [0.25, 0.3) is 11.8 Å². The minimum absolute atomic E-state index is 0.150. The molecule has 2 aromatic carbocycles. The number of sulfonamides is 1. The fourth-order valence-electron chi connectivity index (χ4n) is 4.16. The zero-order chi connectivity index (χ0) is 27.3. The van der Waals surface area contributed by atoms with E-state index in [1.807, 2.05) is 46.8 Å². The van der Waals surface area contributed by atoms with Crippen LogP contribution in [0.2, 0.25) is 0 Å². The number of hydrogen-bond donors (Lipinski definition) is 2. The highest BCUT2D eigenvalue weighted by Crippen LogP contribution is 2.27. The standard InChI is InChI=1S/C27H34N4O4S2/c1-7-13-31(14-8-2)37(34,35)22-11-9-21(10-12-22)25(32)30-27-28-20(6)24(36-27)26(33)29-23-18(4)15-17(3)16-19(23)5/h9-12,15-16H,7-8,13-14H2,1-6H3,(H,29,33)(H,28,30,32). The van der Waals surface area contributed by atoms with Gasteiger partial charge in [0.1, 0.15) is 4.88 Å². The van der Waals surface area contributed by atoms with Crippen molar-refractivity contribution in [3.63, 3.8) is 0 Å². The molecule has 37 heavy (non-hydrogen) atoms. The molecule has 3 rings (SSSR count). The van der Waals surface area contributed by atoms with E-state index in [9.17, 15) is 18.0 Å². The third kappa shape index (κ3) is 6.63. The number of hydrogen-bond acceptors (Lipinski definition) is 6. The number of anilines is 2. The van der Waals surface area contributed by atoms with Gasteiger partial charge >= 0.3 is 0 Å². The number of benzene rings is 2. The minimum atomic E-state index is -3.63. The van der Waals surface area contributed by atoms with Gasteiger partial charge in [-0.05, 0) is 75.9 Å².